The third-order valence-corrected chi connectivity index (χ3v) is 2.67. The summed E-state index contributed by atoms with van der Waals surface area (Å²) < 4.78 is 9.75. The highest BCUT2D eigenvalue weighted by Crippen LogP contribution is 2.07. The van der Waals surface area contributed by atoms with Crippen molar-refractivity contribution in [3.05, 3.63) is 0 Å². The minimum Gasteiger partial charge on any atom is -0.466 e. The van der Waals surface area contributed by atoms with E-state index in [9.17, 15) is 4.79 Å². The largest absolute Gasteiger partial charge is 0.466 e. The fourth-order valence-corrected chi connectivity index (χ4v) is 1.58. The molecule has 0 saturated carbocycles. The van der Waals surface area contributed by atoms with Crippen molar-refractivity contribution in [2.75, 3.05) is 13.2 Å². The summed E-state index contributed by atoms with van der Waals surface area (Å²) in [6.07, 6.45) is 9.02. The Bertz CT molecular complexity index is 162. The Morgan fingerprint density at radius 2 is 1.62 bits per heavy atom. The first kappa shape index (κ1) is 15.9. The van der Waals surface area contributed by atoms with Crippen molar-refractivity contribution in [3.8, 4) is 0 Å². The molecule has 1 atom stereocenters. The number of carbonyl (C=O) groups excluding carboxylic acids is 1. The van der Waals surface area contributed by atoms with Gasteiger partial charge in [-0.25, -0.2) is 0 Å². The minimum absolute atomic E-state index is 0.159. The highest BCUT2D eigenvalue weighted by molar-refractivity contribution is 7.09. The van der Waals surface area contributed by atoms with E-state index in [4.69, 9.17) is 9.26 Å². The van der Waals surface area contributed by atoms with Gasteiger partial charge < -0.3 is 9.26 Å². The molecule has 0 bridgehead atoms. The van der Waals surface area contributed by atoms with E-state index < -0.39 is 0 Å². The van der Waals surface area contributed by atoms with Crippen LogP contribution in [0, 0.1) is 0 Å². The lowest BCUT2D eigenvalue weighted by molar-refractivity contribution is -0.144. The molecule has 1 unspecified atom stereocenters. The van der Waals surface area contributed by atoms with E-state index >= 15 is 0 Å². The summed E-state index contributed by atoms with van der Waals surface area (Å²) in [4.78, 5) is 11.1. The first-order valence-corrected chi connectivity index (χ1v) is 6.75. The van der Waals surface area contributed by atoms with E-state index in [-0.39, 0.29) is 5.97 Å². The second-order valence-corrected chi connectivity index (χ2v) is 4.30. The number of unbranched alkanes of at least 4 members (excludes halogenated alkanes) is 6. The van der Waals surface area contributed by atoms with Crippen LogP contribution in [0.4, 0.5) is 0 Å². The van der Waals surface area contributed by atoms with Crippen LogP contribution in [0.25, 0.3) is 0 Å². The van der Waals surface area contributed by atoms with E-state index in [0.717, 1.165) is 12.8 Å². The summed E-state index contributed by atoms with van der Waals surface area (Å²) in [5.41, 5.74) is 0. The first-order valence-electron chi connectivity index (χ1n) is 6.28. The van der Waals surface area contributed by atoms with E-state index in [1.807, 2.05) is 0 Å². The van der Waals surface area contributed by atoms with Crippen LogP contribution in [0.2, 0.25) is 0 Å². The molecule has 0 aromatic carbocycles. The van der Waals surface area contributed by atoms with Crippen molar-refractivity contribution in [2.45, 2.75) is 58.3 Å². The molecule has 0 aromatic rings. The molecule has 0 aliphatic rings. The molecule has 4 heteroatoms. The van der Waals surface area contributed by atoms with Gasteiger partial charge in [-0.3, -0.25) is 4.79 Å². The number of ether oxygens (including phenoxy) is 1. The van der Waals surface area contributed by atoms with Crippen LogP contribution in [0.3, 0.4) is 0 Å². The summed E-state index contributed by atoms with van der Waals surface area (Å²) in [7, 11) is 2.12. The lowest BCUT2D eigenvalue weighted by Crippen LogP contribution is -2.07. The lowest BCUT2D eigenvalue weighted by Gasteiger charge is -2.04. The maximum atomic E-state index is 11.1. The van der Waals surface area contributed by atoms with Crippen molar-refractivity contribution in [2.24, 2.45) is 0 Å². The molecule has 96 valence electrons. The highest BCUT2D eigenvalue weighted by atomic mass is 31.0. The number of hydrogen-bond acceptors (Lipinski definition) is 3. The molecule has 0 saturated heterocycles. The van der Waals surface area contributed by atoms with Crippen LogP contribution < -0.4 is 0 Å². The Kier molecular flexibility index (Phi) is 12.8. The smallest absolute Gasteiger partial charge is 0.308 e. The monoisotopic (exact) mass is 248 g/mol. The van der Waals surface area contributed by atoms with E-state index in [1.54, 1.807) is 0 Å². The standard InChI is InChI=1S/C12H25O3P/c1-2-3-4-5-6-7-8-10-14-12(13)9-11-15-16/h2-11,16H2,1H3. The van der Waals surface area contributed by atoms with Crippen LogP contribution >= 0.6 is 9.47 Å². The summed E-state index contributed by atoms with van der Waals surface area (Å²) in [6, 6.07) is 0. The van der Waals surface area contributed by atoms with Gasteiger partial charge in [-0.15, -0.1) is 0 Å². The summed E-state index contributed by atoms with van der Waals surface area (Å²) in [5.74, 6) is -0.159. The van der Waals surface area contributed by atoms with E-state index in [1.165, 1.54) is 32.1 Å². The molecule has 0 amide bonds. The topological polar surface area (TPSA) is 35.5 Å². The minimum atomic E-state index is -0.159. The molecular weight excluding hydrogens is 223 g/mol. The number of rotatable bonds is 11. The van der Waals surface area contributed by atoms with Gasteiger partial charge in [-0.1, -0.05) is 45.4 Å². The molecule has 0 aromatic heterocycles. The fraction of sp³-hybridized carbons (Fsp3) is 0.917. The van der Waals surface area contributed by atoms with Crippen LogP contribution in [0.5, 0.6) is 0 Å². The third kappa shape index (κ3) is 11.9. The van der Waals surface area contributed by atoms with Crippen molar-refractivity contribution in [1.82, 2.24) is 0 Å². The predicted molar refractivity (Wildman–Crippen MR) is 69.2 cm³/mol. The Morgan fingerprint density at radius 1 is 1.00 bits per heavy atom. The SMILES string of the molecule is CCCCCCCCCOC(=O)CCOP. The van der Waals surface area contributed by atoms with Gasteiger partial charge in [0.1, 0.15) is 0 Å². The first-order chi connectivity index (χ1) is 7.81. The Morgan fingerprint density at radius 3 is 2.25 bits per heavy atom. The fourth-order valence-electron chi connectivity index (χ4n) is 1.46. The maximum absolute atomic E-state index is 11.1. The molecule has 0 fully saturated rings. The van der Waals surface area contributed by atoms with Gasteiger partial charge >= 0.3 is 5.97 Å². The second-order valence-electron chi connectivity index (χ2n) is 3.96. The number of hydrogen-bond donors (Lipinski definition) is 0. The van der Waals surface area contributed by atoms with Crippen LogP contribution in [0.15, 0.2) is 0 Å². The summed E-state index contributed by atoms with van der Waals surface area (Å²) in [5, 5.41) is 0. The average molecular weight is 248 g/mol. The zero-order valence-electron chi connectivity index (χ0n) is 10.4. The molecule has 3 nitrogen and oxygen atoms in total. The van der Waals surface area contributed by atoms with Gasteiger partial charge in [0.05, 0.1) is 19.6 Å². The van der Waals surface area contributed by atoms with Crippen molar-refractivity contribution in [3.63, 3.8) is 0 Å². The Hall–Kier alpha value is -0.140. The Labute approximate surface area is 102 Å². The number of esters is 1. The summed E-state index contributed by atoms with van der Waals surface area (Å²) >= 11 is 0. The predicted octanol–water partition coefficient (Wildman–Crippen LogP) is 3.48. The molecule has 0 rings (SSSR count). The zero-order chi connectivity index (χ0) is 12.1. The quantitative estimate of drug-likeness (QED) is 0.319. The van der Waals surface area contributed by atoms with Crippen molar-refractivity contribution in [1.29, 1.82) is 0 Å². The van der Waals surface area contributed by atoms with Crippen molar-refractivity contribution >= 4 is 15.4 Å². The average Bonchev–Trinajstić information content (AvgIpc) is 2.30. The zero-order valence-corrected chi connectivity index (χ0v) is 11.5. The number of carbonyl (C=O) groups is 1. The van der Waals surface area contributed by atoms with E-state index in [2.05, 4.69) is 16.4 Å². The van der Waals surface area contributed by atoms with Crippen LogP contribution in [0.1, 0.15) is 58.3 Å². The Balaban J connectivity index is 3.05. The molecule has 0 heterocycles. The van der Waals surface area contributed by atoms with Gasteiger partial charge in [0.25, 0.3) is 0 Å². The van der Waals surface area contributed by atoms with Gasteiger partial charge in [0.2, 0.25) is 0 Å². The highest BCUT2D eigenvalue weighted by Gasteiger charge is 2.01. The van der Waals surface area contributed by atoms with E-state index in [0.29, 0.717) is 19.6 Å². The van der Waals surface area contributed by atoms with Gasteiger partial charge in [-0.05, 0) is 6.42 Å². The molecule has 0 N–H and O–H groups in total. The molecule has 0 spiro atoms. The normalized spacial score (nSPS) is 10.4. The molecule has 0 aliphatic heterocycles. The third-order valence-electron chi connectivity index (χ3n) is 2.43. The van der Waals surface area contributed by atoms with Crippen LogP contribution in [-0.2, 0) is 14.1 Å². The van der Waals surface area contributed by atoms with Crippen molar-refractivity contribution < 1.29 is 14.1 Å². The second kappa shape index (κ2) is 12.9. The van der Waals surface area contributed by atoms with Crippen LogP contribution in [-0.4, -0.2) is 19.2 Å². The lowest BCUT2D eigenvalue weighted by atomic mass is 10.1. The van der Waals surface area contributed by atoms with Gasteiger partial charge in [0, 0.05) is 9.47 Å². The summed E-state index contributed by atoms with van der Waals surface area (Å²) in [6.45, 7) is 3.20. The molecule has 16 heavy (non-hydrogen) atoms. The molecule has 0 radical (unpaired) electrons. The van der Waals surface area contributed by atoms with Gasteiger partial charge in [0.15, 0.2) is 0 Å². The molecule has 0 aliphatic carbocycles. The molecular formula is C12H25O3P. The van der Waals surface area contributed by atoms with Gasteiger partial charge in [-0.2, -0.15) is 0 Å². The maximum Gasteiger partial charge on any atom is 0.308 e.